The molecule has 0 amide bonds. The van der Waals surface area contributed by atoms with Gasteiger partial charge < -0.3 is 9.84 Å². The Morgan fingerprint density at radius 1 is 0.870 bits per heavy atom. The monoisotopic (exact) mass is 308 g/mol. The van der Waals surface area contributed by atoms with Gasteiger partial charge in [-0.3, -0.25) is 0 Å². The maximum absolute atomic E-state index is 13.2. The molecule has 0 saturated carbocycles. The number of halogens is 1. The zero-order chi connectivity index (χ0) is 16.2. The van der Waals surface area contributed by atoms with Crippen molar-refractivity contribution in [2.45, 2.75) is 6.92 Å². The van der Waals surface area contributed by atoms with Gasteiger partial charge in [-0.25, -0.2) is 4.39 Å². The number of phenolic OH excluding ortho intramolecular Hbond substituents is 1. The third-order valence-corrected chi connectivity index (χ3v) is 3.63. The van der Waals surface area contributed by atoms with Crippen molar-refractivity contribution in [3.05, 3.63) is 72.5 Å². The van der Waals surface area contributed by atoms with Crippen LogP contribution < -0.4 is 4.74 Å². The molecule has 3 rings (SSSR count). The lowest BCUT2D eigenvalue weighted by Crippen LogP contribution is -1.94. The maximum Gasteiger partial charge on any atom is 0.131 e. The Morgan fingerprint density at radius 2 is 1.43 bits per heavy atom. The van der Waals surface area contributed by atoms with Crippen LogP contribution in [0.15, 0.2) is 66.7 Å². The summed E-state index contributed by atoms with van der Waals surface area (Å²) in [5, 5.41) is 10.7. The molecule has 0 atom stereocenters. The molecule has 1 N–H and O–H groups in total. The first-order chi connectivity index (χ1) is 11.2. The Hall–Kier alpha value is -2.81. The molecule has 2 nitrogen and oxygen atoms in total. The molecule has 0 radical (unpaired) electrons. The summed E-state index contributed by atoms with van der Waals surface area (Å²) in [7, 11) is 0. The molecular formula is C20H17FO2. The molecule has 0 spiro atoms. The van der Waals surface area contributed by atoms with Crippen LogP contribution in [0.3, 0.4) is 0 Å². The fourth-order valence-electron chi connectivity index (χ4n) is 2.55. The first-order valence-corrected chi connectivity index (χ1v) is 7.50. The minimum absolute atomic E-state index is 0.159. The van der Waals surface area contributed by atoms with Gasteiger partial charge in [0.05, 0.1) is 6.61 Å². The zero-order valence-corrected chi connectivity index (χ0v) is 12.8. The molecule has 23 heavy (non-hydrogen) atoms. The van der Waals surface area contributed by atoms with Crippen LogP contribution in [-0.2, 0) is 0 Å². The van der Waals surface area contributed by atoms with E-state index in [4.69, 9.17) is 4.74 Å². The van der Waals surface area contributed by atoms with Gasteiger partial charge >= 0.3 is 0 Å². The third kappa shape index (κ3) is 3.19. The van der Waals surface area contributed by atoms with Crippen LogP contribution in [0.1, 0.15) is 6.92 Å². The lowest BCUT2D eigenvalue weighted by Gasteiger charge is -2.14. The number of ether oxygens (including phenoxy) is 1. The minimum atomic E-state index is -0.308. The summed E-state index contributed by atoms with van der Waals surface area (Å²) in [6, 6.07) is 19.3. The van der Waals surface area contributed by atoms with E-state index in [1.54, 1.807) is 18.2 Å². The quantitative estimate of drug-likeness (QED) is 0.712. The number of hydrogen-bond acceptors (Lipinski definition) is 2. The second-order valence-electron chi connectivity index (χ2n) is 5.17. The molecule has 116 valence electrons. The van der Waals surface area contributed by atoms with Gasteiger partial charge in [0.2, 0.25) is 0 Å². The van der Waals surface area contributed by atoms with Crippen molar-refractivity contribution in [1.82, 2.24) is 0 Å². The van der Waals surface area contributed by atoms with E-state index in [0.29, 0.717) is 23.5 Å². The van der Waals surface area contributed by atoms with E-state index in [-0.39, 0.29) is 11.6 Å². The van der Waals surface area contributed by atoms with Gasteiger partial charge in [-0.15, -0.1) is 0 Å². The molecule has 0 unspecified atom stereocenters. The Balaban J connectivity index is 2.19. The van der Waals surface area contributed by atoms with Gasteiger partial charge in [-0.2, -0.15) is 0 Å². The molecule has 0 heterocycles. The highest BCUT2D eigenvalue weighted by molar-refractivity contribution is 5.83. The van der Waals surface area contributed by atoms with Crippen LogP contribution in [-0.4, -0.2) is 11.7 Å². The van der Waals surface area contributed by atoms with Crippen molar-refractivity contribution in [3.63, 3.8) is 0 Å². The predicted molar refractivity (Wildman–Crippen MR) is 90.1 cm³/mol. The highest BCUT2D eigenvalue weighted by atomic mass is 19.1. The maximum atomic E-state index is 13.2. The largest absolute Gasteiger partial charge is 0.507 e. The van der Waals surface area contributed by atoms with E-state index in [2.05, 4.69) is 0 Å². The molecule has 0 aliphatic rings. The van der Waals surface area contributed by atoms with E-state index >= 15 is 0 Å². The van der Waals surface area contributed by atoms with Crippen molar-refractivity contribution >= 4 is 0 Å². The number of rotatable bonds is 4. The highest BCUT2D eigenvalue weighted by Gasteiger charge is 2.14. The summed E-state index contributed by atoms with van der Waals surface area (Å²) >= 11 is 0. The molecule has 3 aromatic rings. The van der Waals surface area contributed by atoms with Gasteiger partial charge in [0.25, 0.3) is 0 Å². The van der Waals surface area contributed by atoms with Crippen LogP contribution in [0.5, 0.6) is 11.5 Å². The van der Waals surface area contributed by atoms with Gasteiger partial charge in [0.15, 0.2) is 0 Å². The number of phenols is 1. The topological polar surface area (TPSA) is 29.5 Å². The predicted octanol–water partition coefficient (Wildman–Crippen LogP) is 5.26. The van der Waals surface area contributed by atoms with Crippen LogP contribution in [0, 0.1) is 5.82 Å². The standard InChI is InChI=1S/C20H17FO2/c1-2-23-17-12-18(14-6-4-3-5-7-14)20(22)19(13-17)15-8-10-16(21)11-9-15/h3-13,22H,2H2,1H3. The second-order valence-corrected chi connectivity index (χ2v) is 5.17. The second kappa shape index (κ2) is 6.53. The molecular weight excluding hydrogens is 291 g/mol. The molecule has 0 saturated heterocycles. The van der Waals surface area contributed by atoms with Crippen molar-refractivity contribution in [3.8, 4) is 33.8 Å². The molecule has 0 fully saturated rings. The average molecular weight is 308 g/mol. The third-order valence-electron chi connectivity index (χ3n) is 3.63. The van der Waals surface area contributed by atoms with Gasteiger partial charge in [-0.05, 0) is 42.3 Å². The summed E-state index contributed by atoms with van der Waals surface area (Å²) in [6.45, 7) is 2.44. The Kier molecular flexibility index (Phi) is 4.29. The summed E-state index contributed by atoms with van der Waals surface area (Å²) < 4.78 is 18.8. The van der Waals surface area contributed by atoms with Gasteiger partial charge in [0.1, 0.15) is 17.3 Å². The summed E-state index contributed by atoms with van der Waals surface area (Å²) in [5.41, 5.74) is 2.95. The molecule has 0 aliphatic heterocycles. The molecule has 0 aromatic heterocycles. The van der Waals surface area contributed by atoms with Crippen LogP contribution in [0.4, 0.5) is 4.39 Å². The van der Waals surface area contributed by atoms with Crippen molar-refractivity contribution < 1.29 is 14.2 Å². The zero-order valence-electron chi connectivity index (χ0n) is 12.8. The SMILES string of the molecule is CCOc1cc(-c2ccccc2)c(O)c(-c2ccc(F)cc2)c1. The molecule has 0 aliphatic carbocycles. The van der Waals surface area contributed by atoms with E-state index in [1.165, 1.54) is 12.1 Å². The number of aromatic hydroxyl groups is 1. The average Bonchev–Trinajstić information content (AvgIpc) is 2.58. The van der Waals surface area contributed by atoms with Crippen molar-refractivity contribution in [1.29, 1.82) is 0 Å². The molecule has 3 aromatic carbocycles. The summed E-state index contributed by atoms with van der Waals surface area (Å²) in [6.07, 6.45) is 0. The first-order valence-electron chi connectivity index (χ1n) is 7.50. The van der Waals surface area contributed by atoms with Crippen molar-refractivity contribution in [2.24, 2.45) is 0 Å². The van der Waals surface area contributed by atoms with E-state index in [1.807, 2.05) is 43.3 Å². The Bertz CT molecular complexity index is 796. The lowest BCUT2D eigenvalue weighted by molar-refractivity contribution is 0.340. The summed E-state index contributed by atoms with van der Waals surface area (Å²) in [5.74, 6) is 0.521. The normalized spacial score (nSPS) is 10.5. The highest BCUT2D eigenvalue weighted by Crippen LogP contribution is 2.41. The Labute approximate surface area is 134 Å². The van der Waals surface area contributed by atoms with Crippen LogP contribution in [0.2, 0.25) is 0 Å². The first kappa shape index (κ1) is 15.1. The fourth-order valence-corrected chi connectivity index (χ4v) is 2.55. The van der Waals surface area contributed by atoms with E-state index in [9.17, 15) is 9.50 Å². The van der Waals surface area contributed by atoms with Crippen molar-refractivity contribution in [2.75, 3.05) is 6.61 Å². The Morgan fingerprint density at radius 3 is 2.00 bits per heavy atom. The molecule has 3 heteroatoms. The fraction of sp³-hybridized carbons (Fsp3) is 0.100. The van der Waals surface area contributed by atoms with Gasteiger partial charge in [0, 0.05) is 11.1 Å². The number of hydrogen-bond donors (Lipinski definition) is 1. The lowest BCUT2D eigenvalue weighted by atomic mass is 9.97. The summed E-state index contributed by atoms with van der Waals surface area (Å²) in [4.78, 5) is 0. The number of benzene rings is 3. The van der Waals surface area contributed by atoms with Gasteiger partial charge in [-0.1, -0.05) is 42.5 Å². The minimum Gasteiger partial charge on any atom is -0.507 e. The van der Waals surface area contributed by atoms with E-state index in [0.717, 1.165) is 11.1 Å². The smallest absolute Gasteiger partial charge is 0.131 e. The van der Waals surface area contributed by atoms with Crippen LogP contribution >= 0.6 is 0 Å². The van der Waals surface area contributed by atoms with E-state index < -0.39 is 0 Å². The molecule has 0 bridgehead atoms. The van der Waals surface area contributed by atoms with Crippen LogP contribution in [0.25, 0.3) is 22.3 Å².